The lowest BCUT2D eigenvalue weighted by Gasteiger charge is -2.43. The van der Waals surface area contributed by atoms with E-state index in [2.05, 4.69) is 0 Å². The minimum absolute atomic E-state index is 0.220. The van der Waals surface area contributed by atoms with Crippen LogP contribution in [-0.4, -0.2) is 72.9 Å². The maximum Gasteiger partial charge on any atom is 0.338 e. The summed E-state index contributed by atoms with van der Waals surface area (Å²) in [5.41, 5.74) is 0.292. The van der Waals surface area contributed by atoms with Crippen LogP contribution in [0.5, 0.6) is 5.75 Å². The Labute approximate surface area is 184 Å². The molecule has 0 spiro atoms. The van der Waals surface area contributed by atoms with Crippen molar-refractivity contribution in [2.45, 2.75) is 58.4 Å². The van der Waals surface area contributed by atoms with Gasteiger partial charge in [0.25, 0.3) is 0 Å². The van der Waals surface area contributed by atoms with Crippen LogP contribution in [0.25, 0.3) is 0 Å². The molecule has 0 radical (unpaired) electrons. The van der Waals surface area contributed by atoms with E-state index >= 15 is 0 Å². The third-order valence-corrected chi connectivity index (χ3v) is 4.30. The first-order chi connectivity index (χ1) is 15.1. The summed E-state index contributed by atoms with van der Waals surface area (Å²) in [6, 6.07) is 5.90. The van der Waals surface area contributed by atoms with Crippen molar-refractivity contribution in [1.29, 1.82) is 0 Å². The van der Waals surface area contributed by atoms with Gasteiger partial charge in [0, 0.05) is 20.8 Å². The SMILES string of the molecule is CCOC(=O)c1ccc(O[C@H]2[C@H](OC(C)=O)[C@@H](OC(C)=O)[C@H](O)O[C@@H]2COC(C)=O)cc1. The van der Waals surface area contributed by atoms with Crippen LogP contribution in [0.15, 0.2) is 24.3 Å². The monoisotopic (exact) mass is 454 g/mol. The van der Waals surface area contributed by atoms with Crippen molar-refractivity contribution in [2.24, 2.45) is 0 Å². The predicted molar refractivity (Wildman–Crippen MR) is 105 cm³/mol. The molecule has 11 heteroatoms. The minimum atomic E-state index is -1.67. The summed E-state index contributed by atoms with van der Waals surface area (Å²) < 4.78 is 31.7. The van der Waals surface area contributed by atoms with Gasteiger partial charge in [-0.2, -0.15) is 0 Å². The van der Waals surface area contributed by atoms with E-state index in [0.717, 1.165) is 13.8 Å². The number of aliphatic hydroxyl groups excluding tert-OH is 1. The predicted octanol–water partition coefficient (Wildman–Crippen LogP) is 0.754. The Morgan fingerprint density at radius 3 is 2.00 bits per heavy atom. The van der Waals surface area contributed by atoms with Gasteiger partial charge in [-0.3, -0.25) is 14.4 Å². The molecule has 0 unspecified atom stereocenters. The van der Waals surface area contributed by atoms with Gasteiger partial charge in [-0.1, -0.05) is 0 Å². The van der Waals surface area contributed by atoms with E-state index in [9.17, 15) is 24.3 Å². The summed E-state index contributed by atoms with van der Waals surface area (Å²) in [6.07, 6.45) is -6.57. The van der Waals surface area contributed by atoms with Crippen molar-refractivity contribution in [1.82, 2.24) is 0 Å². The van der Waals surface area contributed by atoms with Crippen LogP contribution in [0, 0.1) is 0 Å². The third kappa shape index (κ3) is 6.92. The van der Waals surface area contributed by atoms with Gasteiger partial charge in [-0.15, -0.1) is 0 Å². The zero-order valence-electron chi connectivity index (χ0n) is 18.1. The number of hydrogen-bond donors (Lipinski definition) is 1. The molecule has 1 heterocycles. The molecule has 1 N–H and O–H groups in total. The highest BCUT2D eigenvalue weighted by molar-refractivity contribution is 5.89. The average molecular weight is 454 g/mol. The molecule has 176 valence electrons. The fourth-order valence-corrected chi connectivity index (χ4v) is 3.06. The summed E-state index contributed by atoms with van der Waals surface area (Å²) >= 11 is 0. The van der Waals surface area contributed by atoms with E-state index in [1.54, 1.807) is 6.92 Å². The summed E-state index contributed by atoms with van der Waals surface area (Å²) in [5, 5.41) is 10.3. The van der Waals surface area contributed by atoms with Gasteiger partial charge in [-0.05, 0) is 31.2 Å². The molecule has 1 fully saturated rings. The molecule has 5 atom stereocenters. The Morgan fingerprint density at radius 1 is 0.875 bits per heavy atom. The molecule has 0 saturated carbocycles. The number of rotatable bonds is 8. The number of benzene rings is 1. The van der Waals surface area contributed by atoms with Crippen molar-refractivity contribution < 1.29 is 52.7 Å². The van der Waals surface area contributed by atoms with Gasteiger partial charge in [0.05, 0.1) is 12.2 Å². The van der Waals surface area contributed by atoms with Gasteiger partial charge in [0.2, 0.25) is 0 Å². The van der Waals surface area contributed by atoms with Crippen LogP contribution in [0.2, 0.25) is 0 Å². The van der Waals surface area contributed by atoms with E-state index in [4.69, 9.17) is 28.4 Å². The smallest absolute Gasteiger partial charge is 0.338 e. The lowest BCUT2D eigenvalue weighted by atomic mass is 9.98. The Balaban J connectivity index is 2.34. The molecule has 0 bridgehead atoms. The number of carbonyl (C=O) groups excluding carboxylic acids is 4. The lowest BCUT2D eigenvalue weighted by molar-refractivity contribution is -0.289. The highest BCUT2D eigenvalue weighted by Crippen LogP contribution is 2.29. The fraction of sp³-hybridized carbons (Fsp3) is 0.524. The molecule has 1 saturated heterocycles. The Hall–Kier alpha value is -3.18. The molecule has 1 aromatic rings. The van der Waals surface area contributed by atoms with E-state index in [1.807, 2.05) is 0 Å². The van der Waals surface area contributed by atoms with Crippen LogP contribution < -0.4 is 4.74 Å². The molecule has 0 aliphatic carbocycles. The molecule has 1 aromatic carbocycles. The van der Waals surface area contributed by atoms with Gasteiger partial charge in [-0.25, -0.2) is 4.79 Å². The maximum atomic E-state index is 11.8. The Bertz CT molecular complexity index is 820. The third-order valence-electron chi connectivity index (χ3n) is 4.30. The quantitative estimate of drug-likeness (QED) is 0.439. The first-order valence-electron chi connectivity index (χ1n) is 9.87. The first kappa shape index (κ1) is 25.1. The average Bonchev–Trinajstić information content (AvgIpc) is 2.71. The summed E-state index contributed by atoms with van der Waals surface area (Å²) in [4.78, 5) is 46.4. The largest absolute Gasteiger partial charge is 0.484 e. The number of hydrogen-bond acceptors (Lipinski definition) is 11. The van der Waals surface area contributed by atoms with Crippen molar-refractivity contribution in [3.63, 3.8) is 0 Å². The van der Waals surface area contributed by atoms with Crippen LogP contribution in [0.4, 0.5) is 0 Å². The van der Waals surface area contributed by atoms with Crippen molar-refractivity contribution in [3.8, 4) is 5.75 Å². The van der Waals surface area contributed by atoms with Gasteiger partial charge < -0.3 is 33.5 Å². The second kappa shape index (κ2) is 11.4. The molecule has 1 aliphatic heterocycles. The fourth-order valence-electron chi connectivity index (χ4n) is 3.06. The van der Waals surface area contributed by atoms with Gasteiger partial charge in [0.15, 0.2) is 24.6 Å². The van der Waals surface area contributed by atoms with Crippen LogP contribution in [0.1, 0.15) is 38.1 Å². The minimum Gasteiger partial charge on any atom is -0.484 e. The number of esters is 4. The molecule has 11 nitrogen and oxygen atoms in total. The van der Waals surface area contributed by atoms with Crippen molar-refractivity contribution in [2.75, 3.05) is 13.2 Å². The lowest BCUT2D eigenvalue weighted by Crippen LogP contribution is -2.63. The maximum absolute atomic E-state index is 11.8. The van der Waals surface area contributed by atoms with Crippen molar-refractivity contribution >= 4 is 23.9 Å². The normalized spacial score (nSPS) is 24.7. The number of ether oxygens (including phenoxy) is 6. The van der Waals surface area contributed by atoms with Crippen LogP contribution in [-0.2, 0) is 38.1 Å². The number of aliphatic hydroxyl groups is 1. The second-order valence-electron chi connectivity index (χ2n) is 6.84. The standard InChI is InChI=1S/C21H26O11/c1-5-27-20(25)14-6-8-15(9-7-14)31-17-16(10-28-11(2)22)32-21(26)19(30-13(4)24)18(17)29-12(3)23/h6-9,16-19,21,26H,5,10H2,1-4H3/t16-,17-,18+,19-,21-/m1/s1. The first-order valence-corrected chi connectivity index (χ1v) is 9.87. The van der Waals surface area contributed by atoms with E-state index in [1.165, 1.54) is 31.2 Å². The Morgan fingerprint density at radius 2 is 1.47 bits per heavy atom. The van der Waals surface area contributed by atoms with E-state index in [0.29, 0.717) is 5.56 Å². The second-order valence-corrected chi connectivity index (χ2v) is 6.84. The molecule has 0 amide bonds. The summed E-state index contributed by atoms with van der Waals surface area (Å²) in [6.45, 7) is 5.02. The van der Waals surface area contributed by atoms with E-state index < -0.39 is 54.6 Å². The summed E-state index contributed by atoms with van der Waals surface area (Å²) in [7, 11) is 0. The van der Waals surface area contributed by atoms with Gasteiger partial charge >= 0.3 is 23.9 Å². The molecule has 0 aromatic heterocycles. The molecular weight excluding hydrogens is 428 g/mol. The topological polar surface area (TPSA) is 144 Å². The highest BCUT2D eigenvalue weighted by atomic mass is 16.7. The summed E-state index contributed by atoms with van der Waals surface area (Å²) in [5.74, 6) is -2.34. The molecular formula is C21H26O11. The zero-order valence-corrected chi connectivity index (χ0v) is 18.1. The Kier molecular flexibility index (Phi) is 8.97. The van der Waals surface area contributed by atoms with Gasteiger partial charge in [0.1, 0.15) is 18.5 Å². The molecule has 2 rings (SSSR count). The zero-order chi connectivity index (χ0) is 23.8. The highest BCUT2D eigenvalue weighted by Gasteiger charge is 2.51. The van der Waals surface area contributed by atoms with E-state index in [-0.39, 0.29) is 19.0 Å². The van der Waals surface area contributed by atoms with Crippen LogP contribution >= 0.6 is 0 Å². The molecule has 1 aliphatic rings. The number of carbonyl (C=O) groups is 4. The van der Waals surface area contributed by atoms with Crippen molar-refractivity contribution in [3.05, 3.63) is 29.8 Å². The van der Waals surface area contributed by atoms with Crippen LogP contribution in [0.3, 0.4) is 0 Å². The molecule has 32 heavy (non-hydrogen) atoms.